The van der Waals surface area contributed by atoms with Crippen molar-refractivity contribution in [3.63, 3.8) is 0 Å². The van der Waals surface area contributed by atoms with Crippen molar-refractivity contribution in [3.8, 4) is 0 Å². The molecule has 0 radical (unpaired) electrons. The van der Waals surface area contributed by atoms with Crippen LogP contribution in [0.2, 0.25) is 5.02 Å². The fourth-order valence-corrected chi connectivity index (χ4v) is 3.19. The number of hydrogen-bond acceptors (Lipinski definition) is 5. The molecular weight excluding hydrogens is 334 g/mol. The molecule has 1 saturated heterocycles. The van der Waals surface area contributed by atoms with Crippen LogP contribution in [0.15, 0.2) is 30.3 Å². The molecule has 1 atom stereocenters. The van der Waals surface area contributed by atoms with Crippen molar-refractivity contribution in [3.05, 3.63) is 41.2 Å². The van der Waals surface area contributed by atoms with Crippen LogP contribution in [0.4, 0.5) is 17.3 Å². The molecule has 1 unspecified atom stereocenters. The summed E-state index contributed by atoms with van der Waals surface area (Å²) in [5.41, 5.74) is 1.19. The van der Waals surface area contributed by atoms with E-state index >= 15 is 0 Å². The SMILES string of the molecule is CCC(C)Nc1cc(N2CCN(c3cccc(Cl)c3)CC2)nc(C)n1. The second-order valence-corrected chi connectivity index (χ2v) is 7.00. The zero-order chi connectivity index (χ0) is 17.8. The molecule has 1 aromatic carbocycles. The van der Waals surface area contributed by atoms with Crippen LogP contribution < -0.4 is 15.1 Å². The molecule has 0 amide bonds. The molecular formula is C19H26ClN5. The van der Waals surface area contributed by atoms with Gasteiger partial charge < -0.3 is 15.1 Å². The number of aryl methyl sites for hydroxylation is 1. The molecule has 1 N–H and O–H groups in total. The monoisotopic (exact) mass is 359 g/mol. The maximum Gasteiger partial charge on any atom is 0.134 e. The lowest BCUT2D eigenvalue weighted by atomic mass is 10.2. The molecule has 1 aliphatic heterocycles. The number of hydrogen-bond donors (Lipinski definition) is 1. The summed E-state index contributed by atoms with van der Waals surface area (Å²) in [5, 5.41) is 4.23. The average molecular weight is 360 g/mol. The summed E-state index contributed by atoms with van der Waals surface area (Å²) in [5.74, 6) is 2.72. The highest BCUT2D eigenvalue weighted by Crippen LogP contribution is 2.23. The highest BCUT2D eigenvalue weighted by molar-refractivity contribution is 6.30. The predicted molar refractivity (Wildman–Crippen MR) is 106 cm³/mol. The normalized spacial score (nSPS) is 16.0. The minimum Gasteiger partial charge on any atom is -0.368 e. The topological polar surface area (TPSA) is 44.3 Å². The Balaban J connectivity index is 1.68. The number of nitrogens with zero attached hydrogens (tertiary/aromatic N) is 4. The molecule has 1 aliphatic rings. The minimum atomic E-state index is 0.404. The van der Waals surface area contributed by atoms with Crippen LogP contribution in [0.3, 0.4) is 0 Å². The van der Waals surface area contributed by atoms with Gasteiger partial charge in [0, 0.05) is 49.0 Å². The highest BCUT2D eigenvalue weighted by Gasteiger charge is 2.19. The zero-order valence-corrected chi connectivity index (χ0v) is 15.9. The van der Waals surface area contributed by atoms with E-state index in [-0.39, 0.29) is 0 Å². The van der Waals surface area contributed by atoms with Gasteiger partial charge in [-0.05, 0) is 38.5 Å². The van der Waals surface area contributed by atoms with Crippen molar-refractivity contribution >= 4 is 28.9 Å². The molecule has 6 heteroatoms. The van der Waals surface area contributed by atoms with E-state index in [0.717, 1.165) is 55.1 Å². The predicted octanol–water partition coefficient (Wildman–Crippen LogP) is 3.98. The molecule has 0 spiro atoms. The Morgan fingerprint density at radius 2 is 1.84 bits per heavy atom. The Hall–Kier alpha value is -2.01. The van der Waals surface area contributed by atoms with Crippen molar-refractivity contribution in [1.29, 1.82) is 0 Å². The number of piperazine rings is 1. The van der Waals surface area contributed by atoms with Crippen LogP contribution >= 0.6 is 11.6 Å². The van der Waals surface area contributed by atoms with Gasteiger partial charge in [-0.3, -0.25) is 0 Å². The van der Waals surface area contributed by atoms with E-state index in [9.17, 15) is 0 Å². The summed E-state index contributed by atoms with van der Waals surface area (Å²) in [6.45, 7) is 10.1. The molecule has 134 valence electrons. The van der Waals surface area contributed by atoms with Crippen LogP contribution in [0, 0.1) is 6.92 Å². The molecule has 5 nitrogen and oxygen atoms in total. The number of aromatic nitrogens is 2. The fraction of sp³-hybridized carbons (Fsp3) is 0.474. The maximum absolute atomic E-state index is 6.12. The lowest BCUT2D eigenvalue weighted by Gasteiger charge is -2.37. The summed E-state index contributed by atoms with van der Waals surface area (Å²) >= 11 is 6.12. The standard InChI is InChI=1S/C19H26ClN5/c1-4-14(2)21-18-13-19(23-15(3)22-18)25-10-8-24(9-11-25)17-7-5-6-16(20)12-17/h5-7,12-14H,4,8-11H2,1-3H3,(H,21,22,23). The number of halogens is 1. The van der Waals surface area contributed by atoms with Gasteiger partial charge in [0.1, 0.15) is 17.5 Å². The van der Waals surface area contributed by atoms with Gasteiger partial charge in [-0.2, -0.15) is 0 Å². The Morgan fingerprint density at radius 1 is 1.12 bits per heavy atom. The Labute approximate surface area is 155 Å². The largest absolute Gasteiger partial charge is 0.368 e. The van der Waals surface area contributed by atoms with Crippen LogP contribution in [-0.4, -0.2) is 42.2 Å². The number of benzene rings is 1. The van der Waals surface area contributed by atoms with Crippen molar-refractivity contribution in [2.45, 2.75) is 33.2 Å². The van der Waals surface area contributed by atoms with E-state index in [1.807, 2.05) is 25.1 Å². The smallest absolute Gasteiger partial charge is 0.134 e. The lowest BCUT2D eigenvalue weighted by molar-refractivity contribution is 0.645. The molecule has 1 aromatic heterocycles. The summed E-state index contributed by atoms with van der Waals surface area (Å²) < 4.78 is 0. The first-order valence-corrected chi connectivity index (χ1v) is 9.30. The third kappa shape index (κ3) is 4.54. The third-order valence-electron chi connectivity index (χ3n) is 4.61. The van der Waals surface area contributed by atoms with Crippen molar-refractivity contribution in [2.24, 2.45) is 0 Å². The second kappa shape index (κ2) is 7.91. The average Bonchev–Trinajstić information content (AvgIpc) is 2.61. The fourth-order valence-electron chi connectivity index (χ4n) is 3.01. The summed E-state index contributed by atoms with van der Waals surface area (Å²) in [7, 11) is 0. The quantitative estimate of drug-likeness (QED) is 0.874. The first kappa shape index (κ1) is 17.8. The summed E-state index contributed by atoms with van der Waals surface area (Å²) in [6.07, 6.45) is 1.07. The van der Waals surface area contributed by atoms with Crippen LogP contribution in [0.25, 0.3) is 0 Å². The van der Waals surface area contributed by atoms with Crippen LogP contribution in [0.5, 0.6) is 0 Å². The summed E-state index contributed by atoms with van der Waals surface area (Å²) in [4.78, 5) is 13.9. The molecule has 3 rings (SSSR count). The van der Waals surface area contributed by atoms with Gasteiger partial charge >= 0.3 is 0 Å². The van der Waals surface area contributed by atoms with E-state index in [2.05, 4.69) is 51.1 Å². The van der Waals surface area contributed by atoms with Crippen molar-refractivity contribution in [1.82, 2.24) is 9.97 Å². The highest BCUT2D eigenvalue weighted by atomic mass is 35.5. The Kier molecular flexibility index (Phi) is 5.63. The van der Waals surface area contributed by atoms with E-state index in [4.69, 9.17) is 11.6 Å². The molecule has 0 aliphatic carbocycles. The maximum atomic E-state index is 6.12. The Morgan fingerprint density at radius 3 is 2.52 bits per heavy atom. The molecule has 25 heavy (non-hydrogen) atoms. The van der Waals surface area contributed by atoms with E-state index in [1.165, 1.54) is 5.69 Å². The molecule has 2 aromatic rings. The Bertz CT molecular complexity index is 713. The van der Waals surface area contributed by atoms with Gasteiger partial charge in [0.05, 0.1) is 0 Å². The molecule has 2 heterocycles. The van der Waals surface area contributed by atoms with E-state index in [1.54, 1.807) is 0 Å². The van der Waals surface area contributed by atoms with Gasteiger partial charge in [-0.1, -0.05) is 24.6 Å². The molecule has 0 saturated carbocycles. The zero-order valence-electron chi connectivity index (χ0n) is 15.2. The van der Waals surface area contributed by atoms with Gasteiger partial charge in [0.2, 0.25) is 0 Å². The van der Waals surface area contributed by atoms with Gasteiger partial charge in [0.15, 0.2) is 0 Å². The van der Waals surface area contributed by atoms with Crippen LogP contribution in [-0.2, 0) is 0 Å². The number of anilines is 3. The van der Waals surface area contributed by atoms with Crippen molar-refractivity contribution < 1.29 is 0 Å². The van der Waals surface area contributed by atoms with Crippen molar-refractivity contribution in [2.75, 3.05) is 41.3 Å². The second-order valence-electron chi connectivity index (χ2n) is 6.57. The lowest BCUT2D eigenvalue weighted by Crippen LogP contribution is -2.47. The van der Waals surface area contributed by atoms with E-state index in [0.29, 0.717) is 6.04 Å². The number of nitrogens with one attached hydrogen (secondary N) is 1. The summed E-state index contributed by atoms with van der Waals surface area (Å²) in [6, 6.07) is 10.5. The molecule has 1 fully saturated rings. The first-order valence-electron chi connectivity index (χ1n) is 8.93. The van der Waals surface area contributed by atoms with Gasteiger partial charge in [-0.15, -0.1) is 0 Å². The minimum absolute atomic E-state index is 0.404. The van der Waals surface area contributed by atoms with Gasteiger partial charge in [0.25, 0.3) is 0 Å². The van der Waals surface area contributed by atoms with E-state index < -0.39 is 0 Å². The third-order valence-corrected chi connectivity index (χ3v) is 4.84. The molecule has 0 bridgehead atoms. The first-order chi connectivity index (χ1) is 12.0. The van der Waals surface area contributed by atoms with Gasteiger partial charge in [-0.25, -0.2) is 9.97 Å². The van der Waals surface area contributed by atoms with Crippen LogP contribution in [0.1, 0.15) is 26.1 Å². The number of rotatable bonds is 5.